The van der Waals surface area contributed by atoms with Crippen LogP contribution in [0.5, 0.6) is 0 Å². The van der Waals surface area contributed by atoms with Crippen molar-refractivity contribution in [3.8, 4) is 0 Å². The molecule has 1 aliphatic rings. The van der Waals surface area contributed by atoms with Gasteiger partial charge in [-0.05, 0) is 43.4 Å². The first-order valence-corrected chi connectivity index (χ1v) is 10.4. The van der Waals surface area contributed by atoms with Crippen molar-refractivity contribution >= 4 is 34.0 Å². The third-order valence-electron chi connectivity index (χ3n) is 4.95. The van der Waals surface area contributed by atoms with E-state index >= 15 is 0 Å². The van der Waals surface area contributed by atoms with E-state index in [4.69, 9.17) is 5.73 Å². The second kappa shape index (κ2) is 9.69. The molecular weight excluding hydrogens is 374 g/mol. The molecule has 1 fully saturated rings. The van der Waals surface area contributed by atoms with Crippen molar-refractivity contribution in [1.82, 2.24) is 4.31 Å². The highest BCUT2D eigenvalue weighted by atomic mass is 35.5. The van der Waals surface area contributed by atoms with Crippen molar-refractivity contribution < 1.29 is 13.2 Å². The lowest BCUT2D eigenvalue weighted by molar-refractivity contribution is -0.118. The monoisotopic (exact) mass is 403 g/mol. The van der Waals surface area contributed by atoms with Gasteiger partial charge in [-0.25, -0.2) is 8.42 Å². The molecule has 1 aliphatic heterocycles. The van der Waals surface area contributed by atoms with Crippen LogP contribution in [0.3, 0.4) is 0 Å². The Morgan fingerprint density at radius 3 is 2.46 bits per heavy atom. The van der Waals surface area contributed by atoms with Gasteiger partial charge in [-0.3, -0.25) is 4.79 Å². The fraction of sp³-hybridized carbons (Fsp3) is 0.611. The highest BCUT2D eigenvalue weighted by molar-refractivity contribution is 7.89. The summed E-state index contributed by atoms with van der Waals surface area (Å²) in [5.41, 5.74) is 7.09. The van der Waals surface area contributed by atoms with Crippen LogP contribution in [0.25, 0.3) is 0 Å². The van der Waals surface area contributed by atoms with E-state index in [9.17, 15) is 13.2 Å². The smallest absolute Gasteiger partial charge is 0.243 e. The van der Waals surface area contributed by atoms with E-state index in [1.165, 1.54) is 4.31 Å². The second-order valence-electron chi connectivity index (χ2n) is 6.85. The first-order valence-electron chi connectivity index (χ1n) is 8.94. The van der Waals surface area contributed by atoms with Crippen LogP contribution >= 0.6 is 12.4 Å². The Labute approximate surface area is 163 Å². The Kier molecular flexibility index (Phi) is 8.53. The Bertz CT molecular complexity index is 718. The van der Waals surface area contributed by atoms with Crippen LogP contribution in [0.2, 0.25) is 0 Å². The molecule has 1 amide bonds. The van der Waals surface area contributed by atoms with E-state index in [2.05, 4.69) is 5.32 Å². The van der Waals surface area contributed by atoms with Gasteiger partial charge in [0, 0.05) is 18.8 Å². The summed E-state index contributed by atoms with van der Waals surface area (Å²) in [6.07, 6.45) is 3.64. The highest BCUT2D eigenvalue weighted by Gasteiger charge is 2.28. The van der Waals surface area contributed by atoms with Gasteiger partial charge in [0.15, 0.2) is 0 Å². The van der Waals surface area contributed by atoms with E-state index < -0.39 is 16.1 Å². The summed E-state index contributed by atoms with van der Waals surface area (Å²) in [5, 5.41) is 2.75. The number of amides is 1. The standard InChI is InChI=1S/C18H29N3O3S.ClH/c1-4-13(2)17(19)18(22)20-15-9-8-14(3)16(12-15)25(23,24)21-10-6-5-7-11-21;/h8-9,12-13,17H,4-7,10-11,19H2,1-3H3,(H,20,22);1H. The van der Waals surface area contributed by atoms with Crippen LogP contribution in [0, 0.1) is 12.8 Å². The average molecular weight is 404 g/mol. The molecule has 1 aromatic carbocycles. The molecule has 0 aliphatic carbocycles. The molecule has 3 N–H and O–H groups in total. The molecule has 2 atom stereocenters. The number of benzene rings is 1. The molecule has 2 rings (SSSR count). The topological polar surface area (TPSA) is 92.5 Å². The molecular formula is C18H30ClN3O3S. The molecule has 148 valence electrons. The molecule has 2 unspecified atom stereocenters. The molecule has 1 heterocycles. The lowest BCUT2D eigenvalue weighted by Crippen LogP contribution is -2.40. The van der Waals surface area contributed by atoms with E-state index in [0.717, 1.165) is 25.7 Å². The molecule has 0 radical (unpaired) electrons. The number of aryl methyl sites for hydroxylation is 1. The minimum atomic E-state index is -3.54. The van der Waals surface area contributed by atoms with Gasteiger partial charge >= 0.3 is 0 Å². The van der Waals surface area contributed by atoms with Crippen LogP contribution in [0.1, 0.15) is 45.1 Å². The van der Waals surface area contributed by atoms with Crippen molar-refractivity contribution in [3.63, 3.8) is 0 Å². The minimum Gasteiger partial charge on any atom is -0.325 e. The maximum atomic E-state index is 12.9. The van der Waals surface area contributed by atoms with Crippen LogP contribution in [0.15, 0.2) is 23.1 Å². The summed E-state index contributed by atoms with van der Waals surface area (Å²) in [4.78, 5) is 12.5. The number of nitrogens with one attached hydrogen (secondary N) is 1. The maximum Gasteiger partial charge on any atom is 0.243 e. The molecule has 1 aromatic rings. The van der Waals surface area contributed by atoms with Crippen LogP contribution in [0.4, 0.5) is 5.69 Å². The second-order valence-corrected chi connectivity index (χ2v) is 8.75. The van der Waals surface area contributed by atoms with Gasteiger partial charge in [0.25, 0.3) is 0 Å². The summed E-state index contributed by atoms with van der Waals surface area (Å²) < 4.78 is 27.4. The minimum absolute atomic E-state index is 0. The largest absolute Gasteiger partial charge is 0.325 e. The zero-order valence-corrected chi connectivity index (χ0v) is 17.3. The van der Waals surface area contributed by atoms with Crippen molar-refractivity contribution in [2.45, 2.75) is 57.4 Å². The summed E-state index contributed by atoms with van der Waals surface area (Å²) in [6, 6.07) is 4.36. The zero-order chi connectivity index (χ0) is 18.6. The number of nitrogens with zero attached hydrogens (tertiary/aromatic N) is 1. The maximum absolute atomic E-state index is 12.9. The fourth-order valence-electron chi connectivity index (χ4n) is 2.94. The van der Waals surface area contributed by atoms with Gasteiger partial charge in [-0.1, -0.05) is 32.8 Å². The fourth-order valence-corrected chi connectivity index (χ4v) is 4.71. The average Bonchev–Trinajstić information content (AvgIpc) is 2.62. The van der Waals surface area contributed by atoms with Crippen molar-refractivity contribution in [3.05, 3.63) is 23.8 Å². The number of anilines is 1. The van der Waals surface area contributed by atoms with Gasteiger partial charge in [-0.2, -0.15) is 4.31 Å². The Hall–Kier alpha value is -1.15. The van der Waals surface area contributed by atoms with Crippen LogP contribution in [-0.4, -0.2) is 37.8 Å². The van der Waals surface area contributed by atoms with Crippen molar-refractivity contribution in [2.24, 2.45) is 11.7 Å². The number of carbonyl (C=O) groups excluding carboxylic acids is 1. The van der Waals surface area contributed by atoms with E-state index in [1.807, 2.05) is 13.8 Å². The molecule has 26 heavy (non-hydrogen) atoms. The quantitative estimate of drug-likeness (QED) is 0.763. The van der Waals surface area contributed by atoms with Crippen LogP contribution < -0.4 is 11.1 Å². The van der Waals surface area contributed by atoms with E-state index in [0.29, 0.717) is 24.3 Å². The van der Waals surface area contributed by atoms with Gasteiger partial charge < -0.3 is 11.1 Å². The number of rotatable bonds is 6. The van der Waals surface area contributed by atoms with Gasteiger partial charge in [0.2, 0.25) is 15.9 Å². The Balaban J connectivity index is 0.00000338. The third-order valence-corrected chi connectivity index (χ3v) is 6.99. The molecule has 6 nitrogen and oxygen atoms in total. The molecule has 0 spiro atoms. The Morgan fingerprint density at radius 1 is 1.27 bits per heavy atom. The molecule has 0 saturated carbocycles. The number of piperidine rings is 1. The normalized spacial score (nSPS) is 17.8. The highest BCUT2D eigenvalue weighted by Crippen LogP contribution is 2.26. The van der Waals surface area contributed by atoms with Gasteiger partial charge in [0.1, 0.15) is 0 Å². The third kappa shape index (κ3) is 5.19. The van der Waals surface area contributed by atoms with Crippen molar-refractivity contribution in [1.29, 1.82) is 0 Å². The van der Waals surface area contributed by atoms with Crippen molar-refractivity contribution in [2.75, 3.05) is 18.4 Å². The SMILES string of the molecule is CCC(C)C(N)C(=O)Nc1ccc(C)c(S(=O)(=O)N2CCCCC2)c1.Cl. The molecule has 0 aromatic heterocycles. The number of sulfonamides is 1. The lowest BCUT2D eigenvalue weighted by atomic mass is 9.99. The number of nitrogens with two attached hydrogens (primary N) is 1. The Morgan fingerprint density at radius 2 is 1.88 bits per heavy atom. The summed E-state index contributed by atoms with van der Waals surface area (Å²) >= 11 is 0. The summed E-state index contributed by atoms with van der Waals surface area (Å²) in [6.45, 7) is 6.78. The molecule has 8 heteroatoms. The van der Waals surface area contributed by atoms with Crippen LogP contribution in [-0.2, 0) is 14.8 Å². The van der Waals surface area contributed by atoms with E-state index in [1.54, 1.807) is 25.1 Å². The predicted octanol–water partition coefficient (Wildman–Crippen LogP) is 2.90. The van der Waals surface area contributed by atoms with E-state index in [-0.39, 0.29) is 29.1 Å². The summed E-state index contributed by atoms with van der Waals surface area (Å²) in [7, 11) is -3.54. The zero-order valence-electron chi connectivity index (χ0n) is 15.7. The predicted molar refractivity (Wildman–Crippen MR) is 107 cm³/mol. The number of hydrogen-bond donors (Lipinski definition) is 2. The number of carbonyl (C=O) groups is 1. The van der Waals surface area contributed by atoms with Gasteiger partial charge in [-0.15, -0.1) is 12.4 Å². The summed E-state index contributed by atoms with van der Waals surface area (Å²) in [5.74, 6) is -0.235. The lowest BCUT2D eigenvalue weighted by Gasteiger charge is -2.27. The van der Waals surface area contributed by atoms with Gasteiger partial charge in [0.05, 0.1) is 10.9 Å². The first-order chi connectivity index (χ1) is 11.8. The number of hydrogen-bond acceptors (Lipinski definition) is 4. The first kappa shape index (κ1) is 22.9. The molecule has 1 saturated heterocycles. The molecule has 0 bridgehead atoms. The number of halogens is 1.